The molecule has 4 heteroatoms. The summed E-state index contributed by atoms with van der Waals surface area (Å²) in [7, 11) is 1.93. The minimum atomic E-state index is -0.0458. The molecule has 0 spiro atoms. The fraction of sp³-hybridized carbons (Fsp3) is 0.250. The van der Waals surface area contributed by atoms with Gasteiger partial charge in [0.1, 0.15) is 5.75 Å². The molecule has 102 valence electrons. The summed E-state index contributed by atoms with van der Waals surface area (Å²) in [6.45, 7) is 3.88. The van der Waals surface area contributed by atoms with E-state index in [4.69, 9.17) is 10.00 Å². The first-order valence-electron chi connectivity index (χ1n) is 6.32. The van der Waals surface area contributed by atoms with Crippen LogP contribution in [0, 0.1) is 25.2 Å². The van der Waals surface area contributed by atoms with E-state index in [1.54, 1.807) is 24.3 Å². The zero-order valence-corrected chi connectivity index (χ0v) is 11.8. The Morgan fingerprint density at radius 2 is 1.95 bits per heavy atom. The highest BCUT2D eigenvalue weighted by Gasteiger charge is 2.14. The molecule has 0 amide bonds. The van der Waals surface area contributed by atoms with Gasteiger partial charge in [0.15, 0.2) is 6.61 Å². The van der Waals surface area contributed by atoms with Crippen LogP contribution in [0.5, 0.6) is 5.75 Å². The molecule has 0 N–H and O–H groups in total. The van der Waals surface area contributed by atoms with Crippen LogP contribution in [0.2, 0.25) is 0 Å². The van der Waals surface area contributed by atoms with Crippen molar-refractivity contribution < 1.29 is 9.53 Å². The van der Waals surface area contributed by atoms with E-state index in [0.717, 1.165) is 11.4 Å². The molecule has 4 nitrogen and oxygen atoms in total. The fourth-order valence-corrected chi connectivity index (χ4v) is 1.99. The van der Waals surface area contributed by atoms with E-state index in [2.05, 4.69) is 0 Å². The number of nitriles is 1. The Labute approximate surface area is 118 Å². The summed E-state index contributed by atoms with van der Waals surface area (Å²) >= 11 is 0. The van der Waals surface area contributed by atoms with E-state index in [1.165, 1.54) is 0 Å². The highest BCUT2D eigenvalue weighted by Crippen LogP contribution is 2.16. The number of hydrogen-bond donors (Lipinski definition) is 0. The lowest BCUT2D eigenvalue weighted by molar-refractivity contribution is 0.0921. The zero-order chi connectivity index (χ0) is 14.7. The van der Waals surface area contributed by atoms with Gasteiger partial charge in [-0.3, -0.25) is 4.79 Å². The maximum atomic E-state index is 12.1. The van der Waals surface area contributed by atoms with E-state index in [1.807, 2.05) is 37.6 Å². The van der Waals surface area contributed by atoms with Crippen molar-refractivity contribution >= 4 is 5.78 Å². The Bertz CT molecular complexity index is 676. The molecule has 0 radical (unpaired) electrons. The number of ether oxygens (including phenoxy) is 1. The third kappa shape index (κ3) is 2.72. The van der Waals surface area contributed by atoms with Gasteiger partial charge >= 0.3 is 0 Å². The Morgan fingerprint density at radius 1 is 1.30 bits per heavy atom. The van der Waals surface area contributed by atoms with Crippen molar-refractivity contribution in [2.75, 3.05) is 6.61 Å². The second-order valence-corrected chi connectivity index (χ2v) is 4.69. The summed E-state index contributed by atoms with van der Waals surface area (Å²) in [5.41, 5.74) is 3.25. The van der Waals surface area contributed by atoms with Crippen molar-refractivity contribution in [2.45, 2.75) is 13.8 Å². The number of aryl methyl sites for hydroxylation is 1. The topological polar surface area (TPSA) is 55.0 Å². The molecule has 2 aromatic rings. The van der Waals surface area contributed by atoms with Crippen molar-refractivity contribution in [1.82, 2.24) is 4.57 Å². The molecule has 0 aliphatic carbocycles. The van der Waals surface area contributed by atoms with Gasteiger partial charge in [0.25, 0.3) is 0 Å². The number of carbonyl (C=O) groups excluding carboxylic acids is 1. The molecule has 0 saturated carbocycles. The van der Waals surface area contributed by atoms with Crippen LogP contribution >= 0.6 is 0 Å². The summed E-state index contributed by atoms with van der Waals surface area (Å²) < 4.78 is 7.44. The van der Waals surface area contributed by atoms with Crippen LogP contribution in [0.4, 0.5) is 0 Å². The smallest absolute Gasteiger partial charge is 0.202 e. The lowest BCUT2D eigenvalue weighted by Gasteiger charge is -2.06. The molecule has 0 aliphatic rings. The molecule has 0 atom stereocenters. The minimum Gasteiger partial charge on any atom is -0.485 e. The second kappa shape index (κ2) is 5.62. The first-order valence-corrected chi connectivity index (χ1v) is 6.32. The van der Waals surface area contributed by atoms with Crippen LogP contribution in [0.25, 0.3) is 0 Å². The molecular formula is C16H16N2O2. The monoisotopic (exact) mass is 268 g/mol. The minimum absolute atomic E-state index is 0.00378. The van der Waals surface area contributed by atoms with Gasteiger partial charge in [0, 0.05) is 24.0 Å². The largest absolute Gasteiger partial charge is 0.485 e. The van der Waals surface area contributed by atoms with E-state index in [9.17, 15) is 4.79 Å². The Hall–Kier alpha value is -2.54. The molecule has 0 aliphatic heterocycles. The lowest BCUT2D eigenvalue weighted by Crippen LogP contribution is -2.12. The average Bonchev–Trinajstić information content (AvgIpc) is 2.73. The number of ketones is 1. The number of nitrogens with zero attached hydrogens (tertiary/aromatic N) is 2. The van der Waals surface area contributed by atoms with Crippen molar-refractivity contribution in [3.05, 3.63) is 52.8 Å². The van der Waals surface area contributed by atoms with Crippen LogP contribution < -0.4 is 4.74 Å². The van der Waals surface area contributed by atoms with Crippen molar-refractivity contribution in [2.24, 2.45) is 7.05 Å². The van der Waals surface area contributed by atoms with Crippen LogP contribution in [-0.4, -0.2) is 17.0 Å². The Balaban J connectivity index is 2.05. The first kappa shape index (κ1) is 13.9. The average molecular weight is 268 g/mol. The second-order valence-electron chi connectivity index (χ2n) is 4.69. The van der Waals surface area contributed by atoms with Gasteiger partial charge in [-0.05, 0) is 44.2 Å². The third-order valence-electron chi connectivity index (χ3n) is 3.43. The van der Waals surface area contributed by atoms with Gasteiger partial charge in [-0.1, -0.05) is 0 Å². The van der Waals surface area contributed by atoms with E-state index in [0.29, 0.717) is 16.9 Å². The quantitative estimate of drug-likeness (QED) is 0.801. The maximum Gasteiger partial charge on any atom is 0.202 e. The summed E-state index contributed by atoms with van der Waals surface area (Å²) in [5.74, 6) is 0.540. The maximum absolute atomic E-state index is 12.1. The molecule has 1 aromatic heterocycles. The molecule has 0 saturated heterocycles. The van der Waals surface area contributed by atoms with Crippen LogP contribution in [0.15, 0.2) is 30.3 Å². The van der Waals surface area contributed by atoms with Gasteiger partial charge in [-0.2, -0.15) is 5.26 Å². The van der Waals surface area contributed by atoms with E-state index < -0.39 is 0 Å². The van der Waals surface area contributed by atoms with Crippen LogP contribution in [0.3, 0.4) is 0 Å². The molecular weight excluding hydrogens is 252 g/mol. The third-order valence-corrected chi connectivity index (χ3v) is 3.43. The molecule has 1 aromatic carbocycles. The van der Waals surface area contributed by atoms with Crippen molar-refractivity contribution in [3.8, 4) is 11.8 Å². The summed E-state index contributed by atoms with van der Waals surface area (Å²) in [6, 6.07) is 10.6. The summed E-state index contributed by atoms with van der Waals surface area (Å²) in [5, 5.41) is 8.71. The highest BCUT2D eigenvalue weighted by atomic mass is 16.5. The number of carbonyl (C=O) groups is 1. The normalized spacial score (nSPS) is 10.1. The highest BCUT2D eigenvalue weighted by molar-refractivity contribution is 5.98. The van der Waals surface area contributed by atoms with Gasteiger partial charge in [-0.15, -0.1) is 0 Å². The van der Waals surface area contributed by atoms with E-state index in [-0.39, 0.29) is 12.4 Å². The number of benzene rings is 1. The number of Topliss-reactive ketones (excluding diaryl/α,β-unsaturated/α-hetero) is 1. The van der Waals surface area contributed by atoms with Crippen LogP contribution in [0.1, 0.15) is 27.3 Å². The Morgan fingerprint density at radius 3 is 2.45 bits per heavy atom. The number of aromatic nitrogens is 1. The van der Waals surface area contributed by atoms with Gasteiger partial charge in [0.05, 0.1) is 11.6 Å². The molecule has 1 heterocycles. The van der Waals surface area contributed by atoms with Crippen molar-refractivity contribution in [1.29, 1.82) is 5.26 Å². The SMILES string of the molecule is Cc1cc(C(=O)COc2ccc(C#N)cc2)c(C)n1C. The predicted octanol–water partition coefficient (Wildman–Crippen LogP) is 2.78. The van der Waals surface area contributed by atoms with E-state index >= 15 is 0 Å². The van der Waals surface area contributed by atoms with Crippen molar-refractivity contribution in [3.63, 3.8) is 0 Å². The molecule has 0 bridgehead atoms. The molecule has 0 fully saturated rings. The van der Waals surface area contributed by atoms with Gasteiger partial charge in [-0.25, -0.2) is 0 Å². The number of hydrogen-bond acceptors (Lipinski definition) is 3. The number of rotatable bonds is 4. The zero-order valence-electron chi connectivity index (χ0n) is 11.8. The Kier molecular flexibility index (Phi) is 3.90. The first-order chi connectivity index (χ1) is 9.52. The predicted molar refractivity (Wildman–Crippen MR) is 75.9 cm³/mol. The molecule has 20 heavy (non-hydrogen) atoms. The molecule has 0 unspecified atom stereocenters. The summed E-state index contributed by atoms with van der Waals surface area (Å²) in [4.78, 5) is 12.1. The van der Waals surface area contributed by atoms with Crippen LogP contribution in [-0.2, 0) is 7.05 Å². The standard InChI is InChI=1S/C16H16N2O2/c1-11-8-15(12(2)18(11)3)16(19)10-20-14-6-4-13(9-17)5-7-14/h4-8H,10H2,1-3H3. The summed E-state index contributed by atoms with van der Waals surface area (Å²) in [6.07, 6.45) is 0. The fourth-order valence-electron chi connectivity index (χ4n) is 1.99. The lowest BCUT2D eigenvalue weighted by atomic mass is 10.1. The van der Waals surface area contributed by atoms with Gasteiger partial charge in [0.2, 0.25) is 5.78 Å². The van der Waals surface area contributed by atoms with Gasteiger partial charge < -0.3 is 9.30 Å². The molecule has 2 rings (SSSR count).